The Morgan fingerprint density at radius 3 is 2.83 bits per heavy atom. The Bertz CT molecular complexity index is 442. The van der Waals surface area contributed by atoms with Gasteiger partial charge in [-0.25, -0.2) is 9.18 Å². The maximum atomic E-state index is 12.9. The predicted octanol–water partition coefficient (Wildman–Crippen LogP) is 1.16. The van der Waals surface area contributed by atoms with Crippen molar-refractivity contribution in [3.8, 4) is 0 Å². The number of aromatic nitrogens is 1. The monoisotopic (exact) mass is 272 g/mol. The molecule has 1 aromatic heterocycles. The van der Waals surface area contributed by atoms with E-state index in [-0.39, 0.29) is 5.56 Å². The van der Waals surface area contributed by atoms with E-state index in [1.54, 1.807) is 0 Å². The molecule has 7 heteroatoms. The maximum absolute atomic E-state index is 12.9. The van der Waals surface area contributed by atoms with E-state index in [0.717, 1.165) is 12.3 Å². The van der Waals surface area contributed by atoms with E-state index in [9.17, 15) is 14.0 Å². The number of aliphatic carboxylic acids is 1. The van der Waals surface area contributed by atoms with Gasteiger partial charge in [0.2, 0.25) is 0 Å². The van der Waals surface area contributed by atoms with Crippen LogP contribution in [0.3, 0.4) is 0 Å². The summed E-state index contributed by atoms with van der Waals surface area (Å²) in [4.78, 5) is 26.1. The topological polar surface area (TPSA) is 79.3 Å². The SMILES string of the molecule is CSCC[C@H](NC(=O)c1cncc(F)c1)C(=O)O. The van der Waals surface area contributed by atoms with Gasteiger partial charge in [-0.1, -0.05) is 0 Å². The van der Waals surface area contributed by atoms with Gasteiger partial charge in [0.1, 0.15) is 11.9 Å². The number of nitrogens with zero attached hydrogens (tertiary/aromatic N) is 1. The number of halogens is 1. The normalized spacial score (nSPS) is 11.9. The van der Waals surface area contributed by atoms with Gasteiger partial charge in [0, 0.05) is 6.20 Å². The summed E-state index contributed by atoms with van der Waals surface area (Å²) < 4.78 is 12.9. The van der Waals surface area contributed by atoms with Crippen LogP contribution >= 0.6 is 11.8 Å². The van der Waals surface area contributed by atoms with Crippen molar-refractivity contribution in [2.24, 2.45) is 0 Å². The molecule has 2 N–H and O–H groups in total. The van der Waals surface area contributed by atoms with Crippen molar-refractivity contribution >= 4 is 23.6 Å². The van der Waals surface area contributed by atoms with Gasteiger partial charge in [0.25, 0.3) is 5.91 Å². The van der Waals surface area contributed by atoms with E-state index in [2.05, 4.69) is 10.3 Å². The third kappa shape index (κ3) is 4.33. The van der Waals surface area contributed by atoms with Gasteiger partial charge in [-0.15, -0.1) is 0 Å². The molecule has 1 aromatic rings. The zero-order valence-corrected chi connectivity index (χ0v) is 10.5. The van der Waals surface area contributed by atoms with Gasteiger partial charge in [-0.2, -0.15) is 11.8 Å². The molecule has 0 unspecified atom stereocenters. The minimum absolute atomic E-state index is 0.00500. The molecule has 98 valence electrons. The number of carboxylic acids is 1. The molecule has 5 nitrogen and oxygen atoms in total. The molecule has 0 aliphatic heterocycles. The zero-order chi connectivity index (χ0) is 13.5. The van der Waals surface area contributed by atoms with Crippen molar-refractivity contribution in [1.29, 1.82) is 0 Å². The highest BCUT2D eigenvalue weighted by Gasteiger charge is 2.20. The van der Waals surface area contributed by atoms with Gasteiger partial charge in [0.05, 0.1) is 11.8 Å². The summed E-state index contributed by atoms with van der Waals surface area (Å²) in [5.74, 6) is -1.78. The molecular formula is C11H13FN2O3S. The molecule has 0 aliphatic rings. The Labute approximate surface area is 108 Å². The van der Waals surface area contributed by atoms with Crippen LogP contribution in [-0.4, -0.2) is 40.0 Å². The fourth-order valence-corrected chi connectivity index (χ4v) is 1.74. The number of pyridine rings is 1. The molecule has 0 aromatic carbocycles. The van der Waals surface area contributed by atoms with E-state index < -0.39 is 23.7 Å². The van der Waals surface area contributed by atoms with Crippen LogP contribution in [0.4, 0.5) is 4.39 Å². The first-order chi connectivity index (χ1) is 8.54. The van der Waals surface area contributed by atoms with E-state index in [4.69, 9.17) is 5.11 Å². The third-order valence-corrected chi connectivity index (χ3v) is 2.83. The maximum Gasteiger partial charge on any atom is 0.326 e. The molecule has 1 rings (SSSR count). The average molecular weight is 272 g/mol. The van der Waals surface area contributed by atoms with Crippen molar-refractivity contribution in [2.45, 2.75) is 12.5 Å². The molecule has 18 heavy (non-hydrogen) atoms. The Morgan fingerprint density at radius 1 is 1.56 bits per heavy atom. The average Bonchev–Trinajstić information content (AvgIpc) is 2.33. The Hall–Kier alpha value is -1.63. The molecule has 0 saturated heterocycles. The lowest BCUT2D eigenvalue weighted by Gasteiger charge is -2.13. The number of thioether (sulfide) groups is 1. The van der Waals surface area contributed by atoms with Crippen LogP contribution in [0, 0.1) is 5.82 Å². The fraction of sp³-hybridized carbons (Fsp3) is 0.364. The molecule has 0 fully saturated rings. The number of carboxylic acid groups (broad SMARTS) is 1. The summed E-state index contributed by atoms with van der Waals surface area (Å²) in [5, 5.41) is 11.3. The van der Waals surface area contributed by atoms with Crippen LogP contribution < -0.4 is 5.32 Å². The minimum Gasteiger partial charge on any atom is -0.480 e. The summed E-state index contributed by atoms with van der Waals surface area (Å²) in [6.07, 6.45) is 4.31. The fourth-order valence-electron chi connectivity index (χ4n) is 1.27. The van der Waals surface area contributed by atoms with Crippen molar-refractivity contribution in [2.75, 3.05) is 12.0 Å². The number of amides is 1. The molecule has 1 atom stereocenters. The van der Waals surface area contributed by atoms with Gasteiger partial charge in [0.15, 0.2) is 0 Å². The zero-order valence-electron chi connectivity index (χ0n) is 9.72. The quantitative estimate of drug-likeness (QED) is 0.812. The molecule has 1 amide bonds. The second-order valence-corrected chi connectivity index (χ2v) is 4.52. The molecule has 0 bridgehead atoms. The predicted molar refractivity (Wildman–Crippen MR) is 66.1 cm³/mol. The first-order valence-electron chi connectivity index (χ1n) is 5.17. The highest BCUT2D eigenvalue weighted by Crippen LogP contribution is 2.04. The highest BCUT2D eigenvalue weighted by molar-refractivity contribution is 7.98. The van der Waals surface area contributed by atoms with Crippen LogP contribution in [0.2, 0.25) is 0 Å². The van der Waals surface area contributed by atoms with E-state index in [1.165, 1.54) is 18.0 Å². The minimum atomic E-state index is -1.11. The van der Waals surface area contributed by atoms with E-state index in [1.807, 2.05) is 6.26 Å². The first kappa shape index (κ1) is 14.4. The van der Waals surface area contributed by atoms with Gasteiger partial charge in [-0.05, 0) is 24.5 Å². The number of nitrogens with one attached hydrogen (secondary N) is 1. The number of carbonyl (C=O) groups excluding carboxylic acids is 1. The summed E-state index contributed by atoms with van der Waals surface area (Å²) in [5.41, 5.74) is 0.00500. The molecular weight excluding hydrogens is 259 g/mol. The van der Waals surface area contributed by atoms with Crippen LogP contribution in [0.5, 0.6) is 0 Å². The summed E-state index contributed by atoms with van der Waals surface area (Å²) in [7, 11) is 0. The lowest BCUT2D eigenvalue weighted by Crippen LogP contribution is -2.41. The van der Waals surface area contributed by atoms with Gasteiger partial charge >= 0.3 is 5.97 Å². The summed E-state index contributed by atoms with van der Waals surface area (Å²) in [6.45, 7) is 0. The standard InChI is InChI=1S/C11H13FN2O3S/c1-18-3-2-9(11(16)17)14-10(15)7-4-8(12)6-13-5-7/h4-6,9H,2-3H2,1H3,(H,14,15)(H,16,17)/t9-/m0/s1. The second-order valence-electron chi connectivity index (χ2n) is 3.54. The largest absolute Gasteiger partial charge is 0.480 e. The lowest BCUT2D eigenvalue weighted by atomic mass is 10.2. The summed E-state index contributed by atoms with van der Waals surface area (Å²) >= 11 is 1.49. The lowest BCUT2D eigenvalue weighted by molar-refractivity contribution is -0.139. The van der Waals surface area contributed by atoms with Crippen molar-refractivity contribution in [3.63, 3.8) is 0 Å². The van der Waals surface area contributed by atoms with E-state index >= 15 is 0 Å². The van der Waals surface area contributed by atoms with Crippen molar-refractivity contribution < 1.29 is 19.1 Å². The summed E-state index contributed by atoms with van der Waals surface area (Å²) in [6, 6.07) is 0.0312. The third-order valence-electron chi connectivity index (χ3n) is 2.18. The van der Waals surface area contributed by atoms with Crippen LogP contribution in [-0.2, 0) is 4.79 Å². The first-order valence-corrected chi connectivity index (χ1v) is 6.57. The number of hydrogen-bond acceptors (Lipinski definition) is 4. The van der Waals surface area contributed by atoms with Crippen LogP contribution in [0.1, 0.15) is 16.8 Å². The number of hydrogen-bond donors (Lipinski definition) is 2. The Balaban J connectivity index is 2.69. The van der Waals surface area contributed by atoms with Gasteiger partial charge < -0.3 is 10.4 Å². The number of rotatable bonds is 6. The Kier molecular flexibility index (Phi) is 5.57. The number of carbonyl (C=O) groups is 2. The highest BCUT2D eigenvalue weighted by atomic mass is 32.2. The molecule has 1 heterocycles. The van der Waals surface area contributed by atoms with E-state index in [0.29, 0.717) is 12.2 Å². The molecule has 0 radical (unpaired) electrons. The Morgan fingerprint density at radius 2 is 2.28 bits per heavy atom. The molecule has 0 spiro atoms. The second kappa shape index (κ2) is 6.95. The van der Waals surface area contributed by atoms with Crippen molar-refractivity contribution in [1.82, 2.24) is 10.3 Å². The smallest absolute Gasteiger partial charge is 0.326 e. The van der Waals surface area contributed by atoms with Crippen LogP contribution in [0.25, 0.3) is 0 Å². The van der Waals surface area contributed by atoms with Crippen LogP contribution in [0.15, 0.2) is 18.5 Å². The molecule has 0 aliphatic carbocycles. The van der Waals surface area contributed by atoms with Crippen molar-refractivity contribution in [3.05, 3.63) is 29.8 Å². The van der Waals surface area contributed by atoms with Gasteiger partial charge in [-0.3, -0.25) is 9.78 Å². The molecule has 0 saturated carbocycles.